The van der Waals surface area contributed by atoms with Crippen LogP contribution < -0.4 is 10.2 Å². The topological polar surface area (TPSA) is 95.8 Å². The Kier molecular flexibility index (Phi) is 4.16. The molecule has 4 rings (SSSR count). The van der Waals surface area contributed by atoms with E-state index in [4.69, 9.17) is 4.42 Å². The zero-order valence-electron chi connectivity index (χ0n) is 14.1. The Morgan fingerprint density at radius 1 is 1.35 bits per heavy atom. The van der Waals surface area contributed by atoms with Gasteiger partial charge in [-0.3, -0.25) is 19.4 Å². The molecule has 3 amide bonds. The molecule has 2 aromatic heterocycles. The third kappa shape index (κ3) is 3.05. The van der Waals surface area contributed by atoms with Crippen molar-refractivity contribution in [2.24, 2.45) is 5.92 Å². The Labute approximate surface area is 149 Å². The highest BCUT2D eigenvalue weighted by molar-refractivity contribution is 6.05. The monoisotopic (exact) mass is 354 g/mol. The van der Waals surface area contributed by atoms with E-state index in [-0.39, 0.29) is 37.1 Å². The smallest absolute Gasteiger partial charge is 0.232 e. The number of hydrogen-bond acceptors (Lipinski definition) is 5. The van der Waals surface area contributed by atoms with Gasteiger partial charge in [-0.05, 0) is 18.2 Å². The molecule has 8 heteroatoms. The summed E-state index contributed by atoms with van der Waals surface area (Å²) in [5.41, 5.74) is 1.13. The van der Waals surface area contributed by atoms with Crippen molar-refractivity contribution in [3.05, 3.63) is 42.6 Å². The fourth-order valence-electron chi connectivity index (χ4n) is 3.40. The van der Waals surface area contributed by atoms with E-state index in [0.717, 1.165) is 0 Å². The van der Waals surface area contributed by atoms with Crippen LogP contribution in [0.2, 0.25) is 0 Å². The van der Waals surface area contributed by atoms with E-state index in [1.165, 1.54) is 6.20 Å². The number of likely N-dealkylation sites (tertiary alicyclic amines) is 1. The summed E-state index contributed by atoms with van der Waals surface area (Å²) in [6.45, 7) is 0.984. The number of carbonyl (C=O) groups is 3. The minimum atomic E-state index is -0.438. The number of pyridine rings is 1. The summed E-state index contributed by atoms with van der Waals surface area (Å²) in [6.07, 6.45) is 5.04. The van der Waals surface area contributed by atoms with Crippen LogP contribution in [0.25, 0.3) is 0 Å². The largest absolute Gasteiger partial charge is 0.467 e. The van der Waals surface area contributed by atoms with Crippen molar-refractivity contribution in [3.8, 4) is 0 Å². The lowest BCUT2D eigenvalue weighted by molar-refractivity contribution is -0.129. The van der Waals surface area contributed by atoms with Crippen LogP contribution in [0.5, 0.6) is 0 Å². The van der Waals surface area contributed by atoms with Gasteiger partial charge in [-0.1, -0.05) is 0 Å². The first-order valence-electron chi connectivity index (χ1n) is 8.47. The molecule has 0 radical (unpaired) electrons. The first-order chi connectivity index (χ1) is 12.6. The fourth-order valence-corrected chi connectivity index (χ4v) is 3.40. The lowest BCUT2D eigenvalue weighted by Crippen LogP contribution is -2.38. The van der Waals surface area contributed by atoms with Gasteiger partial charge in [0, 0.05) is 32.1 Å². The van der Waals surface area contributed by atoms with Gasteiger partial charge in [0.25, 0.3) is 0 Å². The van der Waals surface area contributed by atoms with E-state index in [2.05, 4.69) is 10.3 Å². The first kappa shape index (κ1) is 16.3. The van der Waals surface area contributed by atoms with Crippen molar-refractivity contribution in [1.29, 1.82) is 0 Å². The Morgan fingerprint density at radius 3 is 3.04 bits per heavy atom. The number of anilines is 2. The number of rotatable bonds is 3. The van der Waals surface area contributed by atoms with Crippen molar-refractivity contribution < 1.29 is 18.8 Å². The number of fused-ring (bicyclic) bond motifs is 1. The van der Waals surface area contributed by atoms with E-state index in [9.17, 15) is 14.4 Å². The summed E-state index contributed by atoms with van der Waals surface area (Å²) in [6, 6.07) is 5.28. The average Bonchev–Trinajstić information content (AvgIpc) is 3.23. The van der Waals surface area contributed by atoms with Gasteiger partial charge < -0.3 is 19.5 Å². The van der Waals surface area contributed by atoms with Crippen LogP contribution in [-0.2, 0) is 20.9 Å². The van der Waals surface area contributed by atoms with E-state index in [1.54, 1.807) is 40.5 Å². The maximum atomic E-state index is 13.1. The second-order valence-electron chi connectivity index (χ2n) is 6.44. The molecule has 1 saturated heterocycles. The summed E-state index contributed by atoms with van der Waals surface area (Å²) in [4.78, 5) is 44.5. The number of amides is 3. The molecule has 0 spiro atoms. The number of nitrogens with one attached hydrogen (secondary N) is 1. The highest BCUT2D eigenvalue weighted by Gasteiger charge is 2.38. The maximum Gasteiger partial charge on any atom is 0.232 e. The van der Waals surface area contributed by atoms with Gasteiger partial charge >= 0.3 is 0 Å². The standard InChI is InChI=1S/C18H18N4O4/c23-16-4-6-22(15-3-5-19-9-14(15)20-16)18(25)12-8-17(24)21(10-12)11-13-2-1-7-26-13/h1-3,5,7,9,12H,4,6,8,10-11H2,(H,20,23). The molecule has 1 unspecified atom stereocenters. The van der Waals surface area contributed by atoms with E-state index < -0.39 is 5.92 Å². The molecule has 0 aromatic carbocycles. The van der Waals surface area contributed by atoms with Crippen LogP contribution in [0.4, 0.5) is 11.4 Å². The van der Waals surface area contributed by atoms with Crippen LogP contribution in [0, 0.1) is 5.92 Å². The van der Waals surface area contributed by atoms with Crippen LogP contribution in [-0.4, -0.2) is 40.7 Å². The third-order valence-corrected chi connectivity index (χ3v) is 4.68. The lowest BCUT2D eigenvalue weighted by Gasteiger charge is -2.24. The number of nitrogens with zero attached hydrogens (tertiary/aromatic N) is 3. The normalized spacial score (nSPS) is 19.9. The van der Waals surface area contributed by atoms with Crippen molar-refractivity contribution in [2.45, 2.75) is 19.4 Å². The molecule has 0 aliphatic carbocycles. The molecule has 1 atom stereocenters. The molecule has 2 aliphatic heterocycles. The lowest BCUT2D eigenvalue weighted by atomic mass is 10.1. The van der Waals surface area contributed by atoms with Crippen LogP contribution in [0.15, 0.2) is 41.3 Å². The molecule has 26 heavy (non-hydrogen) atoms. The Balaban J connectivity index is 1.52. The molecule has 8 nitrogen and oxygen atoms in total. The SMILES string of the molecule is O=C1CCN(C(=O)C2CC(=O)N(Cc3ccco3)C2)c2ccncc2N1. The highest BCUT2D eigenvalue weighted by atomic mass is 16.3. The van der Waals surface area contributed by atoms with Crippen LogP contribution in [0.1, 0.15) is 18.6 Å². The quantitative estimate of drug-likeness (QED) is 0.899. The van der Waals surface area contributed by atoms with Crippen molar-refractivity contribution in [2.75, 3.05) is 23.3 Å². The minimum absolute atomic E-state index is 0.0706. The molecule has 134 valence electrons. The van der Waals surface area contributed by atoms with Gasteiger partial charge in [0.2, 0.25) is 17.7 Å². The highest BCUT2D eigenvalue weighted by Crippen LogP contribution is 2.31. The van der Waals surface area contributed by atoms with Crippen molar-refractivity contribution >= 4 is 29.1 Å². The van der Waals surface area contributed by atoms with E-state index in [1.807, 2.05) is 0 Å². The maximum absolute atomic E-state index is 13.1. The van der Waals surface area contributed by atoms with E-state index >= 15 is 0 Å². The Hall–Kier alpha value is -3.16. The molecule has 1 N–H and O–H groups in total. The van der Waals surface area contributed by atoms with Gasteiger partial charge in [-0.2, -0.15) is 0 Å². The summed E-state index contributed by atoms with van der Waals surface area (Å²) in [7, 11) is 0. The summed E-state index contributed by atoms with van der Waals surface area (Å²) < 4.78 is 5.29. The number of carbonyl (C=O) groups excluding carboxylic acids is 3. The van der Waals surface area contributed by atoms with Gasteiger partial charge in [0.1, 0.15) is 5.76 Å². The molecule has 1 fully saturated rings. The predicted octanol–water partition coefficient (Wildman–Crippen LogP) is 1.40. The van der Waals surface area contributed by atoms with E-state index in [0.29, 0.717) is 30.2 Å². The van der Waals surface area contributed by atoms with Gasteiger partial charge in [0.05, 0.1) is 36.3 Å². The molecule has 2 aromatic rings. The molecule has 2 aliphatic rings. The van der Waals surface area contributed by atoms with Crippen molar-refractivity contribution in [3.63, 3.8) is 0 Å². The summed E-state index contributed by atoms with van der Waals surface area (Å²) in [5, 5.41) is 2.76. The summed E-state index contributed by atoms with van der Waals surface area (Å²) >= 11 is 0. The van der Waals surface area contributed by atoms with Crippen LogP contribution >= 0.6 is 0 Å². The van der Waals surface area contributed by atoms with Crippen LogP contribution in [0.3, 0.4) is 0 Å². The minimum Gasteiger partial charge on any atom is -0.467 e. The van der Waals surface area contributed by atoms with Gasteiger partial charge in [-0.25, -0.2) is 0 Å². The Morgan fingerprint density at radius 2 is 2.23 bits per heavy atom. The second kappa shape index (κ2) is 6.62. The third-order valence-electron chi connectivity index (χ3n) is 4.68. The fraction of sp³-hybridized carbons (Fsp3) is 0.333. The zero-order valence-corrected chi connectivity index (χ0v) is 14.1. The number of furan rings is 1. The average molecular weight is 354 g/mol. The zero-order chi connectivity index (χ0) is 18.1. The molecule has 4 heterocycles. The second-order valence-corrected chi connectivity index (χ2v) is 6.44. The molecule has 0 bridgehead atoms. The molecular formula is C18H18N4O4. The van der Waals surface area contributed by atoms with Gasteiger partial charge in [0.15, 0.2) is 0 Å². The first-order valence-corrected chi connectivity index (χ1v) is 8.47. The number of hydrogen-bond donors (Lipinski definition) is 1. The van der Waals surface area contributed by atoms with Crippen molar-refractivity contribution in [1.82, 2.24) is 9.88 Å². The number of aromatic nitrogens is 1. The Bertz CT molecular complexity index is 849. The molecule has 0 saturated carbocycles. The van der Waals surface area contributed by atoms with Gasteiger partial charge in [-0.15, -0.1) is 0 Å². The predicted molar refractivity (Wildman–Crippen MR) is 92.1 cm³/mol. The molecular weight excluding hydrogens is 336 g/mol. The summed E-state index contributed by atoms with van der Waals surface area (Å²) in [5.74, 6) is -0.126.